The number of carbonyl (C=O) groups is 5. The minimum atomic E-state index is -1.36. The molecule has 3 aromatic rings. The first-order chi connectivity index (χ1) is 20.6. The number of primary amides is 1. The van der Waals surface area contributed by atoms with Crippen molar-refractivity contribution in [1.29, 1.82) is 0 Å². The lowest BCUT2D eigenvalue weighted by Gasteiger charge is -2.25. The van der Waals surface area contributed by atoms with Crippen molar-refractivity contribution in [3.8, 4) is 5.75 Å². The van der Waals surface area contributed by atoms with E-state index in [0.717, 1.165) is 22.9 Å². The van der Waals surface area contributed by atoms with Gasteiger partial charge in [-0.3, -0.25) is 19.2 Å². The molecule has 2 heterocycles. The molecule has 43 heavy (non-hydrogen) atoms. The summed E-state index contributed by atoms with van der Waals surface area (Å²) in [5.41, 5.74) is 7.48. The molecule has 13 nitrogen and oxygen atoms in total. The van der Waals surface area contributed by atoms with Crippen molar-refractivity contribution in [3.63, 3.8) is 0 Å². The zero-order chi connectivity index (χ0) is 30.9. The summed E-state index contributed by atoms with van der Waals surface area (Å²) in [6, 6.07) is 9.15. The number of nitrogens with two attached hydrogens (primary N) is 1. The Morgan fingerprint density at radius 3 is 2.28 bits per heavy atom. The molecule has 0 radical (unpaired) electrons. The van der Waals surface area contributed by atoms with Crippen LogP contribution in [0.2, 0.25) is 0 Å². The Hall–Kier alpha value is -4.91. The second-order valence-corrected chi connectivity index (χ2v) is 10.6. The topological polar surface area (TPSA) is 216 Å². The summed E-state index contributed by atoms with van der Waals surface area (Å²) in [6.07, 6.45) is 2.78. The molecule has 1 aliphatic heterocycles. The fourth-order valence-electron chi connectivity index (χ4n) is 5.08. The first-order valence-corrected chi connectivity index (χ1v) is 14.1. The van der Waals surface area contributed by atoms with Gasteiger partial charge >= 0.3 is 5.97 Å². The predicted molar refractivity (Wildman–Crippen MR) is 157 cm³/mol. The average molecular weight is 593 g/mol. The van der Waals surface area contributed by atoms with E-state index in [1.807, 2.05) is 24.3 Å². The average Bonchev–Trinajstić information content (AvgIpc) is 3.66. The molecule has 0 bridgehead atoms. The SMILES string of the molecule is NC(=O)CCC(NC(=O)C(Cc1c[nH]c2ccccc12)NC(=O)C1CCCN1)C(=O)NC(Cc1ccc(O)cc1)C(=O)O. The van der Waals surface area contributed by atoms with Crippen LogP contribution >= 0.6 is 0 Å². The summed E-state index contributed by atoms with van der Waals surface area (Å²) >= 11 is 0. The molecule has 1 saturated heterocycles. The third-order valence-corrected chi connectivity index (χ3v) is 7.41. The molecule has 1 fully saturated rings. The monoisotopic (exact) mass is 592 g/mol. The van der Waals surface area contributed by atoms with E-state index in [0.29, 0.717) is 18.5 Å². The molecule has 13 heteroatoms. The standard InChI is InChI=1S/C30H36N6O7/c31-26(38)12-11-23(28(40)36-25(30(42)43)14-17-7-9-19(37)10-8-17)34-29(41)24(35-27(39)22-6-3-13-32-22)15-18-16-33-21-5-2-1-4-20(18)21/h1-2,4-5,7-10,16,22-25,32-33,37H,3,6,11-15H2,(H2,31,38)(H,34,41)(H,35,39)(H,36,40)(H,42,43). The van der Waals surface area contributed by atoms with Gasteiger partial charge in [-0.05, 0) is 55.1 Å². The molecule has 0 aliphatic carbocycles. The Balaban J connectivity index is 1.53. The number of aromatic hydroxyl groups is 1. The van der Waals surface area contributed by atoms with Gasteiger partial charge in [0.2, 0.25) is 23.6 Å². The van der Waals surface area contributed by atoms with E-state index in [-0.39, 0.29) is 37.3 Å². The maximum Gasteiger partial charge on any atom is 0.326 e. The van der Waals surface area contributed by atoms with E-state index >= 15 is 0 Å². The number of carbonyl (C=O) groups excluding carboxylic acids is 4. The number of carboxylic acid groups (broad SMARTS) is 1. The van der Waals surface area contributed by atoms with Crippen LogP contribution in [0.4, 0.5) is 0 Å². The van der Waals surface area contributed by atoms with Gasteiger partial charge in [0.05, 0.1) is 6.04 Å². The molecule has 4 rings (SSSR count). The van der Waals surface area contributed by atoms with Gasteiger partial charge in [-0.1, -0.05) is 30.3 Å². The van der Waals surface area contributed by atoms with Crippen LogP contribution in [-0.2, 0) is 36.8 Å². The van der Waals surface area contributed by atoms with E-state index in [2.05, 4.69) is 26.3 Å². The van der Waals surface area contributed by atoms with Crippen molar-refractivity contribution in [2.24, 2.45) is 5.73 Å². The van der Waals surface area contributed by atoms with Gasteiger partial charge in [-0.15, -0.1) is 0 Å². The molecule has 9 N–H and O–H groups in total. The van der Waals surface area contributed by atoms with E-state index < -0.39 is 47.9 Å². The molecule has 1 aliphatic rings. The molecule has 1 aromatic heterocycles. The highest BCUT2D eigenvalue weighted by molar-refractivity contribution is 5.95. The first-order valence-electron chi connectivity index (χ1n) is 14.1. The van der Waals surface area contributed by atoms with Crippen LogP contribution in [0.3, 0.4) is 0 Å². The number of amides is 4. The number of rotatable bonds is 14. The number of hydrogen-bond acceptors (Lipinski definition) is 7. The Labute approximate surface area is 247 Å². The van der Waals surface area contributed by atoms with Crippen molar-refractivity contribution in [2.45, 2.75) is 62.7 Å². The second kappa shape index (κ2) is 14.3. The van der Waals surface area contributed by atoms with Crippen LogP contribution < -0.4 is 27.0 Å². The summed E-state index contributed by atoms with van der Waals surface area (Å²) in [6.45, 7) is 0.682. The Morgan fingerprint density at radius 1 is 0.907 bits per heavy atom. The summed E-state index contributed by atoms with van der Waals surface area (Å²) in [7, 11) is 0. The molecule has 228 valence electrons. The van der Waals surface area contributed by atoms with Gasteiger partial charge in [0, 0.05) is 36.4 Å². The number of fused-ring (bicyclic) bond motifs is 1. The van der Waals surface area contributed by atoms with Gasteiger partial charge in [-0.25, -0.2) is 4.79 Å². The lowest BCUT2D eigenvalue weighted by Crippen LogP contribution is -2.57. The number of aromatic amines is 1. The van der Waals surface area contributed by atoms with E-state index in [1.165, 1.54) is 24.3 Å². The number of phenols is 1. The number of aliphatic carboxylic acids is 1. The van der Waals surface area contributed by atoms with Crippen LogP contribution in [0, 0.1) is 0 Å². The molecule has 4 unspecified atom stereocenters. The number of H-pyrrole nitrogens is 1. The molecular weight excluding hydrogens is 556 g/mol. The van der Waals surface area contributed by atoms with Crippen LogP contribution in [-0.4, -0.2) is 75.5 Å². The van der Waals surface area contributed by atoms with Crippen LogP contribution in [0.15, 0.2) is 54.7 Å². The molecule has 0 spiro atoms. The second-order valence-electron chi connectivity index (χ2n) is 10.6. The summed E-state index contributed by atoms with van der Waals surface area (Å²) in [4.78, 5) is 66.7. The molecule has 4 atom stereocenters. The molecular formula is C30H36N6O7. The van der Waals surface area contributed by atoms with Gasteiger partial charge in [0.1, 0.15) is 23.9 Å². The first kappa shape index (κ1) is 31.0. The van der Waals surface area contributed by atoms with Crippen LogP contribution in [0.1, 0.15) is 36.8 Å². The normalized spacial score (nSPS) is 16.6. The molecule has 4 amide bonds. The highest BCUT2D eigenvalue weighted by Gasteiger charge is 2.32. The van der Waals surface area contributed by atoms with Crippen LogP contribution in [0.25, 0.3) is 10.9 Å². The third kappa shape index (κ3) is 8.55. The largest absolute Gasteiger partial charge is 0.508 e. The highest BCUT2D eigenvalue weighted by atomic mass is 16.4. The van der Waals surface area contributed by atoms with E-state index in [1.54, 1.807) is 6.20 Å². The Morgan fingerprint density at radius 2 is 1.60 bits per heavy atom. The lowest BCUT2D eigenvalue weighted by atomic mass is 10.0. The summed E-state index contributed by atoms with van der Waals surface area (Å²) < 4.78 is 0. The number of benzene rings is 2. The number of hydrogen-bond donors (Lipinski definition) is 8. The van der Waals surface area contributed by atoms with Gasteiger partial charge < -0.3 is 42.2 Å². The van der Waals surface area contributed by atoms with Crippen molar-refractivity contribution < 1.29 is 34.2 Å². The minimum Gasteiger partial charge on any atom is -0.508 e. The zero-order valence-electron chi connectivity index (χ0n) is 23.5. The maximum absolute atomic E-state index is 13.7. The van der Waals surface area contributed by atoms with Crippen molar-refractivity contribution in [2.75, 3.05) is 6.54 Å². The predicted octanol–water partition coefficient (Wildman–Crippen LogP) is 0.215. The number of nitrogens with one attached hydrogen (secondary N) is 5. The number of aromatic nitrogens is 1. The van der Waals surface area contributed by atoms with Crippen molar-refractivity contribution in [3.05, 3.63) is 65.9 Å². The Kier molecular flexibility index (Phi) is 10.3. The van der Waals surface area contributed by atoms with Crippen molar-refractivity contribution >= 4 is 40.5 Å². The van der Waals surface area contributed by atoms with Gasteiger partial charge in [-0.2, -0.15) is 0 Å². The molecule has 2 aromatic carbocycles. The Bertz CT molecular complexity index is 1470. The van der Waals surface area contributed by atoms with Crippen LogP contribution in [0.5, 0.6) is 5.75 Å². The van der Waals surface area contributed by atoms with Crippen molar-refractivity contribution in [1.82, 2.24) is 26.3 Å². The van der Waals surface area contributed by atoms with E-state index in [9.17, 15) is 34.2 Å². The molecule has 0 saturated carbocycles. The fraction of sp³-hybridized carbons (Fsp3) is 0.367. The smallest absolute Gasteiger partial charge is 0.326 e. The number of phenolic OH excluding ortho intramolecular Hbond substituents is 1. The summed E-state index contributed by atoms with van der Waals surface area (Å²) in [5, 5.41) is 31.1. The van der Waals surface area contributed by atoms with Gasteiger partial charge in [0.25, 0.3) is 0 Å². The third-order valence-electron chi connectivity index (χ3n) is 7.41. The van der Waals surface area contributed by atoms with Gasteiger partial charge in [0.15, 0.2) is 0 Å². The number of carboxylic acids is 1. The fourth-order valence-corrected chi connectivity index (χ4v) is 5.08. The zero-order valence-corrected chi connectivity index (χ0v) is 23.5. The van der Waals surface area contributed by atoms with E-state index in [4.69, 9.17) is 5.73 Å². The number of para-hydroxylation sites is 1. The summed E-state index contributed by atoms with van der Waals surface area (Å²) in [5.74, 6) is -3.86. The highest BCUT2D eigenvalue weighted by Crippen LogP contribution is 2.20. The maximum atomic E-state index is 13.7. The quantitative estimate of drug-likeness (QED) is 0.129. The minimum absolute atomic E-state index is 0.00637. The lowest BCUT2D eigenvalue weighted by molar-refractivity contribution is -0.142.